The third-order valence-electron chi connectivity index (χ3n) is 2.99. The van der Waals surface area contributed by atoms with Crippen molar-refractivity contribution in [3.05, 3.63) is 70.4 Å². The molecule has 0 amide bonds. The van der Waals surface area contributed by atoms with Crippen LogP contribution in [0.5, 0.6) is 0 Å². The molecule has 3 aromatic rings. The summed E-state index contributed by atoms with van der Waals surface area (Å²) in [7, 11) is 0. The highest BCUT2D eigenvalue weighted by Gasteiger charge is 2.08. The highest BCUT2D eigenvalue weighted by atomic mass is 32.1. The van der Waals surface area contributed by atoms with Crippen molar-refractivity contribution < 1.29 is 4.79 Å². The lowest BCUT2D eigenvalue weighted by atomic mass is 10.0. The Balaban J connectivity index is 1.92. The van der Waals surface area contributed by atoms with E-state index in [9.17, 15) is 4.79 Å². The molecule has 88 valence electrons. The fourth-order valence-electron chi connectivity index (χ4n) is 2.04. The molecule has 1 nitrogen and oxygen atoms in total. The first kappa shape index (κ1) is 11.2. The number of benzene rings is 2. The third-order valence-corrected chi connectivity index (χ3v) is 3.86. The van der Waals surface area contributed by atoms with E-state index in [2.05, 4.69) is 6.07 Å². The first-order valence-electron chi connectivity index (χ1n) is 5.87. The highest BCUT2D eigenvalue weighted by molar-refractivity contribution is 7.10. The largest absolute Gasteiger partial charge is 0.294 e. The summed E-state index contributed by atoms with van der Waals surface area (Å²) in [5.74, 6) is 0.184. The Morgan fingerprint density at radius 2 is 1.78 bits per heavy atom. The summed E-state index contributed by atoms with van der Waals surface area (Å²) < 4.78 is 0. The Morgan fingerprint density at radius 3 is 2.56 bits per heavy atom. The number of hydrogen-bond acceptors (Lipinski definition) is 2. The lowest BCUT2D eigenvalue weighted by molar-refractivity contribution is 0.0994. The van der Waals surface area contributed by atoms with E-state index in [4.69, 9.17) is 0 Å². The molecule has 0 atom stereocenters. The molecule has 2 aromatic carbocycles. The van der Waals surface area contributed by atoms with Gasteiger partial charge in [0.15, 0.2) is 5.78 Å². The Hall–Kier alpha value is -1.93. The molecule has 1 aromatic heterocycles. The van der Waals surface area contributed by atoms with Crippen LogP contribution in [0.25, 0.3) is 10.8 Å². The van der Waals surface area contributed by atoms with Crippen molar-refractivity contribution in [3.8, 4) is 0 Å². The molecule has 0 aliphatic carbocycles. The van der Waals surface area contributed by atoms with Crippen molar-refractivity contribution in [1.29, 1.82) is 0 Å². The normalized spacial score (nSPS) is 10.7. The SMILES string of the molecule is O=C(Cc1cccs1)c1ccc2ccccc2c1. The van der Waals surface area contributed by atoms with Crippen molar-refractivity contribution in [1.82, 2.24) is 0 Å². The van der Waals surface area contributed by atoms with Gasteiger partial charge in [-0.25, -0.2) is 0 Å². The van der Waals surface area contributed by atoms with Crippen molar-refractivity contribution in [2.24, 2.45) is 0 Å². The molecule has 0 spiro atoms. The molecule has 0 bridgehead atoms. The van der Waals surface area contributed by atoms with E-state index in [-0.39, 0.29) is 5.78 Å². The molecule has 0 saturated carbocycles. The summed E-state index contributed by atoms with van der Waals surface area (Å²) in [4.78, 5) is 13.3. The van der Waals surface area contributed by atoms with Gasteiger partial charge in [-0.3, -0.25) is 4.79 Å². The second kappa shape index (κ2) is 4.75. The van der Waals surface area contributed by atoms with Crippen LogP contribution in [0.15, 0.2) is 60.0 Å². The molecule has 0 saturated heterocycles. The summed E-state index contributed by atoms with van der Waals surface area (Å²) in [6, 6.07) is 18.0. The average Bonchev–Trinajstić information content (AvgIpc) is 2.91. The predicted molar refractivity (Wildman–Crippen MR) is 76.3 cm³/mol. The van der Waals surface area contributed by atoms with Crippen LogP contribution in [-0.2, 0) is 6.42 Å². The first-order valence-corrected chi connectivity index (χ1v) is 6.75. The van der Waals surface area contributed by atoms with E-state index in [0.717, 1.165) is 15.8 Å². The number of thiophene rings is 1. The van der Waals surface area contributed by atoms with Crippen LogP contribution in [-0.4, -0.2) is 5.78 Å². The zero-order valence-electron chi connectivity index (χ0n) is 9.80. The van der Waals surface area contributed by atoms with Crippen LogP contribution >= 0.6 is 11.3 Å². The van der Waals surface area contributed by atoms with Crippen molar-refractivity contribution in [3.63, 3.8) is 0 Å². The average molecular weight is 252 g/mol. The van der Waals surface area contributed by atoms with Crippen LogP contribution in [0, 0.1) is 0 Å². The topological polar surface area (TPSA) is 17.1 Å². The number of fused-ring (bicyclic) bond motifs is 1. The maximum absolute atomic E-state index is 12.2. The van der Waals surface area contributed by atoms with Crippen LogP contribution in [0.3, 0.4) is 0 Å². The molecular formula is C16H12OS. The van der Waals surface area contributed by atoms with Gasteiger partial charge in [0.05, 0.1) is 0 Å². The monoisotopic (exact) mass is 252 g/mol. The van der Waals surface area contributed by atoms with E-state index < -0.39 is 0 Å². The third kappa shape index (κ3) is 2.20. The van der Waals surface area contributed by atoms with Crippen LogP contribution < -0.4 is 0 Å². The van der Waals surface area contributed by atoms with Crippen LogP contribution in [0.1, 0.15) is 15.2 Å². The molecule has 3 rings (SSSR count). The predicted octanol–water partition coefficient (Wildman–Crippen LogP) is 4.33. The standard InChI is InChI=1S/C16H12OS/c17-16(11-15-6-3-9-18-15)14-8-7-12-4-1-2-5-13(12)10-14/h1-10H,11H2. The fraction of sp³-hybridized carbons (Fsp3) is 0.0625. The number of hydrogen-bond donors (Lipinski definition) is 0. The Morgan fingerprint density at radius 1 is 0.944 bits per heavy atom. The maximum Gasteiger partial charge on any atom is 0.168 e. The number of carbonyl (C=O) groups excluding carboxylic acids is 1. The smallest absolute Gasteiger partial charge is 0.168 e. The number of Topliss-reactive ketones (excluding diaryl/α,β-unsaturated/α-hetero) is 1. The fourth-order valence-corrected chi connectivity index (χ4v) is 2.74. The quantitative estimate of drug-likeness (QED) is 0.634. The van der Waals surface area contributed by atoms with E-state index in [1.54, 1.807) is 11.3 Å². The second-order valence-corrected chi connectivity index (χ2v) is 5.27. The van der Waals surface area contributed by atoms with Gasteiger partial charge in [0.2, 0.25) is 0 Å². The van der Waals surface area contributed by atoms with Gasteiger partial charge in [-0.05, 0) is 28.3 Å². The van der Waals surface area contributed by atoms with Gasteiger partial charge >= 0.3 is 0 Å². The maximum atomic E-state index is 12.2. The lowest BCUT2D eigenvalue weighted by Gasteiger charge is -2.02. The first-order chi connectivity index (χ1) is 8.83. The van der Waals surface area contributed by atoms with Gasteiger partial charge in [0.25, 0.3) is 0 Å². The molecule has 0 radical (unpaired) electrons. The molecule has 0 N–H and O–H groups in total. The van der Waals surface area contributed by atoms with Gasteiger partial charge in [-0.1, -0.05) is 42.5 Å². The van der Waals surface area contributed by atoms with Gasteiger partial charge < -0.3 is 0 Å². The van der Waals surface area contributed by atoms with E-state index in [1.807, 2.05) is 53.9 Å². The molecular weight excluding hydrogens is 240 g/mol. The van der Waals surface area contributed by atoms with Crippen LogP contribution in [0.2, 0.25) is 0 Å². The Labute approximate surface area is 110 Å². The summed E-state index contributed by atoms with van der Waals surface area (Å²) in [6.45, 7) is 0. The highest BCUT2D eigenvalue weighted by Crippen LogP contribution is 2.18. The molecule has 2 heteroatoms. The van der Waals surface area contributed by atoms with Gasteiger partial charge in [-0.15, -0.1) is 11.3 Å². The van der Waals surface area contributed by atoms with E-state index in [0.29, 0.717) is 6.42 Å². The number of rotatable bonds is 3. The van der Waals surface area contributed by atoms with Crippen molar-refractivity contribution >= 4 is 27.9 Å². The molecule has 0 fully saturated rings. The minimum absolute atomic E-state index is 0.184. The summed E-state index contributed by atoms with van der Waals surface area (Å²) in [5, 5.41) is 4.29. The summed E-state index contributed by atoms with van der Waals surface area (Å²) >= 11 is 1.63. The number of ketones is 1. The molecule has 0 aliphatic rings. The molecule has 1 heterocycles. The molecule has 0 aliphatic heterocycles. The Bertz CT molecular complexity index is 683. The van der Waals surface area contributed by atoms with E-state index in [1.165, 1.54) is 5.39 Å². The minimum atomic E-state index is 0.184. The zero-order valence-corrected chi connectivity index (χ0v) is 10.6. The second-order valence-electron chi connectivity index (χ2n) is 4.24. The van der Waals surface area contributed by atoms with Gasteiger partial charge in [0.1, 0.15) is 0 Å². The zero-order chi connectivity index (χ0) is 12.4. The minimum Gasteiger partial charge on any atom is -0.294 e. The van der Waals surface area contributed by atoms with Gasteiger partial charge in [0, 0.05) is 16.9 Å². The van der Waals surface area contributed by atoms with Crippen molar-refractivity contribution in [2.45, 2.75) is 6.42 Å². The van der Waals surface area contributed by atoms with Crippen LogP contribution in [0.4, 0.5) is 0 Å². The molecule has 0 unspecified atom stereocenters. The number of carbonyl (C=O) groups is 1. The summed E-state index contributed by atoms with van der Waals surface area (Å²) in [5.41, 5.74) is 0.794. The lowest BCUT2D eigenvalue weighted by Crippen LogP contribution is -2.01. The summed E-state index contributed by atoms with van der Waals surface area (Å²) in [6.07, 6.45) is 0.496. The Kier molecular flexibility index (Phi) is 2.95. The van der Waals surface area contributed by atoms with Gasteiger partial charge in [-0.2, -0.15) is 0 Å². The van der Waals surface area contributed by atoms with Crippen molar-refractivity contribution in [2.75, 3.05) is 0 Å². The van der Waals surface area contributed by atoms with E-state index >= 15 is 0 Å². The molecule has 18 heavy (non-hydrogen) atoms.